The van der Waals surface area contributed by atoms with E-state index in [0.717, 1.165) is 25.9 Å². The number of piperidine rings is 1. The van der Waals surface area contributed by atoms with E-state index in [1.54, 1.807) is 24.3 Å². The maximum Gasteiger partial charge on any atom is 0.337 e. The van der Waals surface area contributed by atoms with Crippen LogP contribution in [0.1, 0.15) is 23.2 Å². The predicted octanol–water partition coefficient (Wildman–Crippen LogP) is 1.75. The lowest BCUT2D eigenvalue weighted by Gasteiger charge is -2.28. The standard InChI is InChI=1S/C15H20N2O3/c1-17-8-4-6-12(10-17)14(18)16-13-7-3-5-11(9-13)15(19)20-2/h3,5,7,9,12H,4,6,8,10H2,1-2H3,(H,16,18)/t12-/m1/s1. The largest absolute Gasteiger partial charge is 0.465 e. The lowest BCUT2D eigenvalue weighted by Crippen LogP contribution is -2.38. The van der Waals surface area contributed by atoms with Gasteiger partial charge in [0.1, 0.15) is 0 Å². The first-order chi connectivity index (χ1) is 9.60. The van der Waals surface area contributed by atoms with Gasteiger partial charge in [0.2, 0.25) is 5.91 Å². The Kier molecular flexibility index (Phi) is 4.74. The number of rotatable bonds is 3. The molecular weight excluding hydrogens is 256 g/mol. The van der Waals surface area contributed by atoms with Crippen molar-refractivity contribution in [2.45, 2.75) is 12.8 Å². The highest BCUT2D eigenvalue weighted by Gasteiger charge is 2.24. The monoisotopic (exact) mass is 276 g/mol. The van der Waals surface area contributed by atoms with Crippen molar-refractivity contribution < 1.29 is 14.3 Å². The third-order valence-electron chi connectivity index (χ3n) is 3.55. The molecular formula is C15H20N2O3. The molecule has 108 valence electrons. The van der Waals surface area contributed by atoms with E-state index in [-0.39, 0.29) is 11.8 Å². The summed E-state index contributed by atoms with van der Waals surface area (Å²) in [5.41, 5.74) is 1.07. The third kappa shape index (κ3) is 3.57. The Hall–Kier alpha value is -1.88. The van der Waals surface area contributed by atoms with Crippen molar-refractivity contribution in [2.24, 2.45) is 5.92 Å². The number of likely N-dealkylation sites (tertiary alicyclic amines) is 1. The minimum atomic E-state index is -0.404. The molecule has 1 aliphatic rings. The molecule has 1 aromatic carbocycles. The fourth-order valence-corrected chi connectivity index (χ4v) is 2.47. The summed E-state index contributed by atoms with van der Waals surface area (Å²) in [6.07, 6.45) is 1.95. The maximum atomic E-state index is 12.2. The number of amides is 1. The molecule has 5 heteroatoms. The SMILES string of the molecule is COC(=O)c1cccc(NC(=O)[C@@H]2CCCN(C)C2)c1. The van der Waals surface area contributed by atoms with Gasteiger partial charge in [-0.05, 0) is 44.6 Å². The van der Waals surface area contributed by atoms with Crippen LogP contribution in [0.15, 0.2) is 24.3 Å². The van der Waals surface area contributed by atoms with Crippen LogP contribution in [0.25, 0.3) is 0 Å². The Morgan fingerprint density at radius 2 is 2.20 bits per heavy atom. The van der Waals surface area contributed by atoms with Crippen molar-refractivity contribution in [3.8, 4) is 0 Å². The van der Waals surface area contributed by atoms with Gasteiger partial charge in [-0.2, -0.15) is 0 Å². The van der Waals surface area contributed by atoms with Crippen LogP contribution in [0.5, 0.6) is 0 Å². The van der Waals surface area contributed by atoms with Crippen LogP contribution in [-0.4, -0.2) is 44.0 Å². The molecule has 2 rings (SSSR count). The molecule has 1 aromatic rings. The topological polar surface area (TPSA) is 58.6 Å². The first-order valence-electron chi connectivity index (χ1n) is 6.78. The van der Waals surface area contributed by atoms with Gasteiger partial charge in [-0.3, -0.25) is 4.79 Å². The van der Waals surface area contributed by atoms with Gasteiger partial charge in [-0.1, -0.05) is 6.07 Å². The van der Waals surface area contributed by atoms with Gasteiger partial charge in [0.25, 0.3) is 0 Å². The van der Waals surface area contributed by atoms with E-state index in [1.807, 2.05) is 7.05 Å². The number of methoxy groups -OCH3 is 1. The van der Waals surface area contributed by atoms with Gasteiger partial charge in [0.15, 0.2) is 0 Å². The van der Waals surface area contributed by atoms with Crippen LogP contribution in [0, 0.1) is 5.92 Å². The molecule has 1 atom stereocenters. The molecule has 1 heterocycles. The number of nitrogens with one attached hydrogen (secondary N) is 1. The van der Waals surface area contributed by atoms with Crippen LogP contribution in [0.4, 0.5) is 5.69 Å². The van der Waals surface area contributed by atoms with E-state index in [2.05, 4.69) is 15.0 Å². The van der Waals surface area contributed by atoms with Gasteiger partial charge in [-0.25, -0.2) is 4.79 Å². The molecule has 1 fully saturated rings. The van der Waals surface area contributed by atoms with Crippen LogP contribution < -0.4 is 5.32 Å². The maximum absolute atomic E-state index is 12.2. The Morgan fingerprint density at radius 1 is 1.40 bits per heavy atom. The van der Waals surface area contributed by atoms with Gasteiger partial charge in [0, 0.05) is 12.2 Å². The van der Waals surface area contributed by atoms with Gasteiger partial charge in [-0.15, -0.1) is 0 Å². The number of carbonyl (C=O) groups is 2. The second-order valence-electron chi connectivity index (χ2n) is 5.16. The zero-order chi connectivity index (χ0) is 14.5. The number of hydrogen-bond acceptors (Lipinski definition) is 4. The number of nitrogens with zero attached hydrogens (tertiary/aromatic N) is 1. The molecule has 0 radical (unpaired) electrons. The van der Waals surface area contributed by atoms with E-state index in [1.165, 1.54) is 7.11 Å². The summed E-state index contributed by atoms with van der Waals surface area (Å²) < 4.78 is 4.67. The third-order valence-corrected chi connectivity index (χ3v) is 3.55. The summed E-state index contributed by atoms with van der Waals surface area (Å²) in [5.74, 6) is -0.382. The van der Waals surface area contributed by atoms with Gasteiger partial charge >= 0.3 is 5.97 Å². The van der Waals surface area contributed by atoms with Crippen molar-refractivity contribution in [2.75, 3.05) is 32.6 Å². The average molecular weight is 276 g/mol. The van der Waals surface area contributed by atoms with Crippen LogP contribution >= 0.6 is 0 Å². The highest BCUT2D eigenvalue weighted by molar-refractivity contribution is 5.95. The van der Waals surface area contributed by atoms with E-state index >= 15 is 0 Å². The second kappa shape index (κ2) is 6.52. The molecule has 1 saturated heterocycles. The van der Waals surface area contributed by atoms with Crippen molar-refractivity contribution >= 4 is 17.6 Å². The zero-order valence-electron chi connectivity index (χ0n) is 11.9. The summed E-state index contributed by atoms with van der Waals surface area (Å²) in [5, 5.41) is 2.88. The Bertz CT molecular complexity index is 502. The number of anilines is 1. The zero-order valence-corrected chi connectivity index (χ0v) is 11.9. The molecule has 20 heavy (non-hydrogen) atoms. The summed E-state index contributed by atoms with van der Waals surface area (Å²) in [7, 11) is 3.36. The van der Waals surface area contributed by atoms with Crippen molar-refractivity contribution in [1.82, 2.24) is 4.90 Å². The minimum Gasteiger partial charge on any atom is -0.465 e. The fourth-order valence-electron chi connectivity index (χ4n) is 2.47. The highest BCUT2D eigenvalue weighted by Crippen LogP contribution is 2.18. The quantitative estimate of drug-likeness (QED) is 0.855. The molecule has 5 nitrogen and oxygen atoms in total. The summed E-state index contributed by atoms with van der Waals surface area (Å²) in [6.45, 7) is 1.82. The Balaban J connectivity index is 2.02. The van der Waals surface area contributed by atoms with E-state index in [4.69, 9.17) is 0 Å². The molecule has 1 amide bonds. The van der Waals surface area contributed by atoms with Crippen molar-refractivity contribution in [3.63, 3.8) is 0 Å². The second-order valence-corrected chi connectivity index (χ2v) is 5.16. The molecule has 0 bridgehead atoms. The number of esters is 1. The highest BCUT2D eigenvalue weighted by atomic mass is 16.5. The van der Waals surface area contributed by atoms with Crippen LogP contribution in [0.3, 0.4) is 0 Å². The number of hydrogen-bond donors (Lipinski definition) is 1. The molecule has 1 aliphatic heterocycles. The normalized spacial score (nSPS) is 19.4. The number of ether oxygens (including phenoxy) is 1. The minimum absolute atomic E-state index is 0.00975. The molecule has 0 spiro atoms. The van der Waals surface area contributed by atoms with Crippen LogP contribution in [-0.2, 0) is 9.53 Å². The molecule has 0 aliphatic carbocycles. The summed E-state index contributed by atoms with van der Waals surface area (Å²) >= 11 is 0. The predicted molar refractivity (Wildman–Crippen MR) is 76.6 cm³/mol. The van der Waals surface area contributed by atoms with Crippen molar-refractivity contribution in [1.29, 1.82) is 0 Å². The fraction of sp³-hybridized carbons (Fsp3) is 0.467. The lowest BCUT2D eigenvalue weighted by atomic mass is 9.97. The average Bonchev–Trinajstić information content (AvgIpc) is 2.46. The van der Waals surface area contributed by atoms with E-state index in [0.29, 0.717) is 11.3 Å². The van der Waals surface area contributed by atoms with E-state index in [9.17, 15) is 9.59 Å². The first kappa shape index (κ1) is 14.5. The van der Waals surface area contributed by atoms with Gasteiger partial charge < -0.3 is 15.0 Å². The van der Waals surface area contributed by atoms with Crippen molar-refractivity contribution in [3.05, 3.63) is 29.8 Å². The number of carbonyl (C=O) groups excluding carboxylic acids is 2. The Morgan fingerprint density at radius 3 is 2.90 bits per heavy atom. The molecule has 0 aromatic heterocycles. The van der Waals surface area contributed by atoms with E-state index < -0.39 is 5.97 Å². The Labute approximate surface area is 118 Å². The summed E-state index contributed by atoms with van der Waals surface area (Å²) in [4.78, 5) is 25.8. The lowest BCUT2D eigenvalue weighted by molar-refractivity contribution is -0.121. The molecule has 0 unspecified atom stereocenters. The van der Waals surface area contributed by atoms with Crippen LogP contribution in [0.2, 0.25) is 0 Å². The molecule has 0 saturated carbocycles. The smallest absolute Gasteiger partial charge is 0.337 e. The molecule has 1 N–H and O–H groups in total. The first-order valence-corrected chi connectivity index (χ1v) is 6.78. The van der Waals surface area contributed by atoms with Gasteiger partial charge in [0.05, 0.1) is 18.6 Å². The summed E-state index contributed by atoms with van der Waals surface area (Å²) in [6, 6.07) is 6.80. The number of benzene rings is 1.